The molecule has 72 valence electrons. The standard InChI is InChI=1S/C8H15FO2S/c9-5-7-12-6-3-1-2-4-8(10)11/h1-7H2,(H,10,11). The summed E-state index contributed by atoms with van der Waals surface area (Å²) in [7, 11) is 0. The van der Waals surface area contributed by atoms with Gasteiger partial charge in [-0.25, -0.2) is 0 Å². The first-order valence-electron chi connectivity index (χ1n) is 4.13. The highest BCUT2D eigenvalue weighted by Gasteiger charge is 1.95. The van der Waals surface area contributed by atoms with Gasteiger partial charge in [-0.05, 0) is 18.6 Å². The molecule has 0 spiro atoms. The molecule has 0 radical (unpaired) electrons. The second-order valence-electron chi connectivity index (χ2n) is 2.51. The molecule has 1 N–H and O–H groups in total. The third-order valence-corrected chi connectivity index (χ3v) is 2.42. The summed E-state index contributed by atoms with van der Waals surface area (Å²) in [4.78, 5) is 10.1. The predicted molar refractivity (Wildman–Crippen MR) is 49.4 cm³/mol. The van der Waals surface area contributed by atoms with Gasteiger partial charge in [-0.2, -0.15) is 11.8 Å². The average Bonchev–Trinajstić information content (AvgIpc) is 2.02. The molecule has 0 aromatic rings. The fourth-order valence-corrected chi connectivity index (χ4v) is 1.54. The van der Waals surface area contributed by atoms with E-state index in [1.807, 2.05) is 0 Å². The van der Waals surface area contributed by atoms with Crippen LogP contribution in [-0.4, -0.2) is 29.3 Å². The normalized spacial score (nSPS) is 10.1. The van der Waals surface area contributed by atoms with Crippen molar-refractivity contribution in [1.29, 1.82) is 0 Å². The van der Waals surface area contributed by atoms with Crippen molar-refractivity contribution >= 4 is 17.7 Å². The Morgan fingerprint density at radius 1 is 1.25 bits per heavy atom. The summed E-state index contributed by atoms with van der Waals surface area (Å²) in [5.74, 6) is 0.786. The van der Waals surface area contributed by atoms with Crippen LogP contribution < -0.4 is 0 Å². The number of hydrogen-bond donors (Lipinski definition) is 1. The van der Waals surface area contributed by atoms with Crippen LogP contribution in [0.2, 0.25) is 0 Å². The van der Waals surface area contributed by atoms with Crippen LogP contribution in [-0.2, 0) is 4.79 Å². The summed E-state index contributed by atoms with van der Waals surface area (Å²) in [6, 6.07) is 0. The summed E-state index contributed by atoms with van der Waals surface area (Å²) in [5, 5.41) is 8.30. The number of halogens is 1. The lowest BCUT2D eigenvalue weighted by molar-refractivity contribution is -0.137. The van der Waals surface area contributed by atoms with Crippen molar-refractivity contribution in [3.05, 3.63) is 0 Å². The first-order valence-corrected chi connectivity index (χ1v) is 5.28. The van der Waals surface area contributed by atoms with E-state index in [0.717, 1.165) is 25.0 Å². The molecule has 0 rings (SSSR count). The van der Waals surface area contributed by atoms with Gasteiger partial charge in [-0.15, -0.1) is 0 Å². The molecule has 0 amide bonds. The van der Waals surface area contributed by atoms with Crippen molar-refractivity contribution in [1.82, 2.24) is 0 Å². The van der Waals surface area contributed by atoms with E-state index in [-0.39, 0.29) is 13.1 Å². The number of alkyl halides is 1. The number of hydrogen-bond acceptors (Lipinski definition) is 2. The van der Waals surface area contributed by atoms with Crippen molar-refractivity contribution in [3.8, 4) is 0 Å². The Bertz CT molecular complexity index is 120. The average molecular weight is 194 g/mol. The molecule has 0 aliphatic heterocycles. The summed E-state index contributed by atoms with van der Waals surface area (Å²) in [6.45, 7) is -0.264. The van der Waals surface area contributed by atoms with Gasteiger partial charge in [0.05, 0.1) is 6.67 Å². The van der Waals surface area contributed by atoms with Gasteiger partial charge >= 0.3 is 5.97 Å². The van der Waals surface area contributed by atoms with Gasteiger partial charge in [0.15, 0.2) is 0 Å². The molecule has 0 bridgehead atoms. The second kappa shape index (κ2) is 8.84. The molecule has 0 saturated heterocycles. The highest BCUT2D eigenvalue weighted by molar-refractivity contribution is 7.99. The van der Waals surface area contributed by atoms with Crippen LogP contribution in [0.3, 0.4) is 0 Å². The van der Waals surface area contributed by atoms with E-state index in [0.29, 0.717) is 5.75 Å². The summed E-state index contributed by atoms with van der Waals surface area (Å²) < 4.78 is 11.6. The van der Waals surface area contributed by atoms with Gasteiger partial charge in [0.25, 0.3) is 0 Å². The van der Waals surface area contributed by atoms with Gasteiger partial charge in [0, 0.05) is 12.2 Å². The molecular weight excluding hydrogens is 179 g/mol. The zero-order valence-electron chi connectivity index (χ0n) is 7.09. The highest BCUT2D eigenvalue weighted by Crippen LogP contribution is 2.07. The summed E-state index contributed by atoms with van der Waals surface area (Å²) in [6.07, 6.45) is 2.93. The molecule has 0 aliphatic rings. The fourth-order valence-electron chi connectivity index (χ4n) is 0.814. The lowest BCUT2D eigenvalue weighted by Crippen LogP contribution is -1.94. The number of unbranched alkanes of at least 4 members (excludes halogenated alkanes) is 2. The van der Waals surface area contributed by atoms with E-state index >= 15 is 0 Å². The van der Waals surface area contributed by atoms with E-state index in [4.69, 9.17) is 5.11 Å². The number of thioether (sulfide) groups is 1. The predicted octanol–water partition coefficient (Wildman–Crippen LogP) is 2.33. The lowest BCUT2D eigenvalue weighted by Gasteiger charge is -1.97. The Kier molecular flexibility index (Phi) is 8.66. The summed E-state index contributed by atoms with van der Waals surface area (Å²) >= 11 is 1.59. The summed E-state index contributed by atoms with van der Waals surface area (Å²) in [5.41, 5.74) is 0. The van der Waals surface area contributed by atoms with Gasteiger partial charge < -0.3 is 5.11 Å². The highest BCUT2D eigenvalue weighted by atomic mass is 32.2. The monoisotopic (exact) mass is 194 g/mol. The van der Waals surface area contributed by atoms with Crippen LogP contribution in [0.25, 0.3) is 0 Å². The zero-order valence-corrected chi connectivity index (χ0v) is 7.91. The van der Waals surface area contributed by atoms with E-state index in [1.54, 1.807) is 11.8 Å². The molecule has 0 aromatic heterocycles. The first kappa shape index (κ1) is 11.8. The maximum Gasteiger partial charge on any atom is 0.303 e. The molecule has 0 unspecified atom stereocenters. The Morgan fingerprint density at radius 2 is 2.00 bits per heavy atom. The third-order valence-electron chi connectivity index (χ3n) is 1.40. The van der Waals surface area contributed by atoms with Crippen molar-refractivity contribution < 1.29 is 14.3 Å². The SMILES string of the molecule is O=C(O)CCCCCSCCF. The number of aliphatic carboxylic acids is 1. The number of carboxylic acid groups (broad SMARTS) is 1. The maximum atomic E-state index is 11.6. The van der Waals surface area contributed by atoms with Gasteiger partial charge in [-0.1, -0.05) is 6.42 Å². The molecular formula is C8H15FO2S. The minimum Gasteiger partial charge on any atom is -0.481 e. The molecule has 0 aliphatic carbocycles. The smallest absolute Gasteiger partial charge is 0.303 e. The number of rotatable bonds is 8. The Balaban J connectivity index is 2.86. The molecule has 0 aromatic carbocycles. The molecule has 12 heavy (non-hydrogen) atoms. The van der Waals surface area contributed by atoms with E-state index < -0.39 is 5.97 Å². The van der Waals surface area contributed by atoms with Crippen molar-refractivity contribution in [2.24, 2.45) is 0 Å². The molecule has 0 saturated carbocycles. The minimum atomic E-state index is -0.730. The molecule has 2 nitrogen and oxygen atoms in total. The third kappa shape index (κ3) is 9.75. The Hall–Kier alpha value is -0.250. The van der Waals surface area contributed by atoms with E-state index in [2.05, 4.69) is 0 Å². The second-order valence-corrected chi connectivity index (χ2v) is 3.73. The molecule has 0 heterocycles. The van der Waals surface area contributed by atoms with Crippen molar-refractivity contribution in [2.75, 3.05) is 18.2 Å². The van der Waals surface area contributed by atoms with Crippen LogP contribution in [0.4, 0.5) is 4.39 Å². The van der Waals surface area contributed by atoms with Gasteiger partial charge in [0.2, 0.25) is 0 Å². The number of carboxylic acids is 1. The molecule has 0 fully saturated rings. The zero-order chi connectivity index (χ0) is 9.23. The van der Waals surface area contributed by atoms with Crippen LogP contribution in [0.15, 0.2) is 0 Å². The fraction of sp³-hybridized carbons (Fsp3) is 0.875. The molecule has 4 heteroatoms. The number of carbonyl (C=O) groups is 1. The first-order chi connectivity index (χ1) is 5.77. The Labute approximate surface area is 76.5 Å². The van der Waals surface area contributed by atoms with E-state index in [9.17, 15) is 9.18 Å². The van der Waals surface area contributed by atoms with Gasteiger partial charge in [0.1, 0.15) is 0 Å². The van der Waals surface area contributed by atoms with Crippen LogP contribution in [0, 0.1) is 0 Å². The quantitative estimate of drug-likeness (QED) is 0.602. The van der Waals surface area contributed by atoms with Crippen LogP contribution in [0.1, 0.15) is 25.7 Å². The lowest BCUT2D eigenvalue weighted by atomic mass is 10.2. The van der Waals surface area contributed by atoms with Crippen molar-refractivity contribution in [2.45, 2.75) is 25.7 Å². The van der Waals surface area contributed by atoms with E-state index in [1.165, 1.54) is 0 Å². The largest absolute Gasteiger partial charge is 0.481 e. The van der Waals surface area contributed by atoms with Crippen LogP contribution >= 0.6 is 11.8 Å². The maximum absolute atomic E-state index is 11.6. The molecule has 0 atom stereocenters. The van der Waals surface area contributed by atoms with Crippen molar-refractivity contribution in [3.63, 3.8) is 0 Å². The van der Waals surface area contributed by atoms with Crippen LogP contribution in [0.5, 0.6) is 0 Å². The minimum absolute atomic E-state index is 0.258. The topological polar surface area (TPSA) is 37.3 Å². The van der Waals surface area contributed by atoms with Gasteiger partial charge in [-0.3, -0.25) is 9.18 Å². The Morgan fingerprint density at radius 3 is 2.58 bits per heavy atom.